The highest BCUT2D eigenvalue weighted by Crippen LogP contribution is 2.33. The van der Waals surface area contributed by atoms with Gasteiger partial charge in [0.15, 0.2) is 0 Å². The topological polar surface area (TPSA) is 37.4 Å². The number of Topliss-reactive ketones (excluding diaryl/α,β-unsaturated/α-hetero) is 1. The molecular weight excluding hydrogens is 344 g/mol. The van der Waals surface area contributed by atoms with Crippen molar-refractivity contribution in [2.75, 3.05) is 4.90 Å². The molecule has 3 rings (SSSR count). The third kappa shape index (κ3) is 2.35. The minimum Gasteiger partial charge on any atom is -0.300 e. The van der Waals surface area contributed by atoms with Crippen LogP contribution < -0.4 is 4.90 Å². The molecule has 3 nitrogen and oxygen atoms in total. The molecule has 0 N–H and O–H groups in total. The molecule has 2 aromatic rings. The quantitative estimate of drug-likeness (QED) is 0.777. The van der Waals surface area contributed by atoms with E-state index in [1.54, 1.807) is 18.2 Å². The number of hydrogen-bond donors (Lipinski definition) is 0. The number of anilines is 1. The van der Waals surface area contributed by atoms with Crippen molar-refractivity contribution in [3.05, 3.63) is 63.6 Å². The summed E-state index contributed by atoms with van der Waals surface area (Å²) in [6.45, 7) is 0.0694. The van der Waals surface area contributed by atoms with E-state index in [1.807, 2.05) is 6.07 Å². The Bertz CT molecular complexity index is 776. The summed E-state index contributed by atoms with van der Waals surface area (Å²) in [6, 6.07) is 8.72. The van der Waals surface area contributed by atoms with Crippen LogP contribution in [0.25, 0.3) is 0 Å². The van der Waals surface area contributed by atoms with E-state index in [-0.39, 0.29) is 17.8 Å². The van der Waals surface area contributed by atoms with Crippen molar-refractivity contribution >= 4 is 33.3 Å². The highest BCUT2D eigenvalue weighted by Gasteiger charge is 2.38. The molecule has 1 heterocycles. The lowest BCUT2D eigenvalue weighted by molar-refractivity contribution is -0.114. The number of fused-ring (bicyclic) bond motifs is 1. The second kappa shape index (κ2) is 5.04. The average molecular weight is 352 g/mol. The first-order valence-electron chi connectivity index (χ1n) is 6.07. The first-order chi connectivity index (χ1) is 9.97. The molecule has 1 aliphatic rings. The van der Waals surface area contributed by atoms with Gasteiger partial charge in [0.1, 0.15) is 11.6 Å². The van der Waals surface area contributed by atoms with Crippen molar-refractivity contribution in [1.82, 2.24) is 0 Å². The summed E-state index contributed by atoms with van der Waals surface area (Å²) in [5.74, 6) is -3.64. The zero-order valence-electron chi connectivity index (χ0n) is 10.6. The molecule has 106 valence electrons. The van der Waals surface area contributed by atoms with Gasteiger partial charge in [-0.1, -0.05) is 28.1 Å². The zero-order chi connectivity index (χ0) is 15.1. The van der Waals surface area contributed by atoms with Gasteiger partial charge in [0.05, 0.1) is 17.8 Å². The maximum absolute atomic E-state index is 13.7. The lowest BCUT2D eigenvalue weighted by Crippen LogP contribution is -2.29. The molecule has 1 aliphatic heterocycles. The Labute approximate surface area is 127 Å². The number of ketones is 1. The second-order valence-corrected chi connectivity index (χ2v) is 5.55. The van der Waals surface area contributed by atoms with Gasteiger partial charge >= 0.3 is 0 Å². The number of hydrogen-bond acceptors (Lipinski definition) is 2. The number of halogens is 3. The number of benzene rings is 2. The predicted molar refractivity (Wildman–Crippen MR) is 76.0 cm³/mol. The highest BCUT2D eigenvalue weighted by atomic mass is 79.9. The van der Waals surface area contributed by atoms with E-state index < -0.39 is 23.3 Å². The molecule has 0 aliphatic carbocycles. The average Bonchev–Trinajstić information content (AvgIpc) is 2.64. The summed E-state index contributed by atoms with van der Waals surface area (Å²) in [4.78, 5) is 24.9. The van der Waals surface area contributed by atoms with Crippen LogP contribution in [-0.4, -0.2) is 11.7 Å². The van der Waals surface area contributed by atoms with Crippen LogP contribution in [0.15, 0.2) is 40.9 Å². The van der Waals surface area contributed by atoms with E-state index in [0.29, 0.717) is 6.07 Å². The molecule has 0 aromatic heterocycles. The van der Waals surface area contributed by atoms with Crippen molar-refractivity contribution in [3.8, 4) is 0 Å². The third-order valence-electron chi connectivity index (χ3n) is 3.22. The summed E-state index contributed by atoms with van der Waals surface area (Å²) in [6.07, 6.45) is 0. The van der Waals surface area contributed by atoms with Gasteiger partial charge in [0.2, 0.25) is 0 Å². The standard InChI is InChI=1S/C15H8BrF2NO2/c16-9-3-1-2-8(4-9)7-19-12-6-10(17)5-11(18)13(12)14(20)15(19)21/h1-6H,7H2. The Morgan fingerprint density at radius 3 is 2.57 bits per heavy atom. The van der Waals surface area contributed by atoms with Crippen molar-refractivity contribution in [1.29, 1.82) is 0 Å². The SMILES string of the molecule is O=C1C(=O)N(Cc2cccc(Br)c2)c2cc(F)cc(F)c21. The molecule has 0 atom stereocenters. The van der Waals surface area contributed by atoms with Gasteiger partial charge in [-0.05, 0) is 23.8 Å². The van der Waals surface area contributed by atoms with Gasteiger partial charge in [0.25, 0.3) is 11.7 Å². The smallest absolute Gasteiger partial charge is 0.299 e. The Hall–Kier alpha value is -2.08. The van der Waals surface area contributed by atoms with E-state index >= 15 is 0 Å². The Morgan fingerprint density at radius 2 is 1.86 bits per heavy atom. The van der Waals surface area contributed by atoms with Crippen LogP contribution in [0, 0.1) is 11.6 Å². The molecule has 0 saturated heterocycles. The van der Waals surface area contributed by atoms with Crippen LogP contribution in [0.5, 0.6) is 0 Å². The summed E-state index contributed by atoms with van der Waals surface area (Å²) in [5, 5.41) is 0. The maximum atomic E-state index is 13.7. The molecule has 0 saturated carbocycles. The summed E-state index contributed by atoms with van der Waals surface area (Å²) in [7, 11) is 0. The van der Waals surface area contributed by atoms with Crippen molar-refractivity contribution in [2.45, 2.75) is 6.54 Å². The molecule has 0 fully saturated rings. The zero-order valence-corrected chi connectivity index (χ0v) is 12.2. The van der Waals surface area contributed by atoms with Crippen LogP contribution in [0.3, 0.4) is 0 Å². The van der Waals surface area contributed by atoms with Crippen LogP contribution >= 0.6 is 15.9 Å². The molecule has 2 aromatic carbocycles. The summed E-state index contributed by atoms with van der Waals surface area (Å²) >= 11 is 3.30. The third-order valence-corrected chi connectivity index (χ3v) is 3.71. The van der Waals surface area contributed by atoms with Crippen LogP contribution in [-0.2, 0) is 11.3 Å². The van der Waals surface area contributed by atoms with Crippen molar-refractivity contribution in [2.24, 2.45) is 0 Å². The van der Waals surface area contributed by atoms with Gasteiger partial charge in [0, 0.05) is 10.5 Å². The molecule has 0 spiro atoms. The summed E-state index contributed by atoms with van der Waals surface area (Å²) < 4.78 is 27.9. The van der Waals surface area contributed by atoms with Crippen molar-refractivity contribution < 1.29 is 18.4 Å². The maximum Gasteiger partial charge on any atom is 0.299 e. The molecule has 6 heteroatoms. The van der Waals surface area contributed by atoms with Crippen LogP contribution in [0.4, 0.5) is 14.5 Å². The Kier molecular flexibility index (Phi) is 3.33. The molecule has 0 radical (unpaired) electrons. The van der Waals surface area contributed by atoms with E-state index in [2.05, 4.69) is 15.9 Å². The minimum atomic E-state index is -1.01. The largest absolute Gasteiger partial charge is 0.300 e. The summed E-state index contributed by atoms with van der Waals surface area (Å²) in [5.41, 5.74) is 0.349. The van der Waals surface area contributed by atoms with Gasteiger partial charge in [-0.2, -0.15) is 0 Å². The number of carbonyl (C=O) groups excluding carboxylic acids is 2. The fourth-order valence-electron chi connectivity index (χ4n) is 2.31. The molecule has 21 heavy (non-hydrogen) atoms. The van der Waals surface area contributed by atoms with E-state index in [0.717, 1.165) is 21.0 Å². The molecular formula is C15H8BrF2NO2. The lowest BCUT2D eigenvalue weighted by Gasteiger charge is -2.16. The molecule has 0 bridgehead atoms. The molecule has 1 amide bonds. The lowest BCUT2D eigenvalue weighted by atomic mass is 10.1. The number of amides is 1. The van der Waals surface area contributed by atoms with Gasteiger partial charge < -0.3 is 4.90 Å². The monoisotopic (exact) mass is 351 g/mol. The second-order valence-electron chi connectivity index (χ2n) is 4.63. The van der Waals surface area contributed by atoms with Gasteiger partial charge in [-0.15, -0.1) is 0 Å². The van der Waals surface area contributed by atoms with Crippen LogP contribution in [0.1, 0.15) is 15.9 Å². The number of carbonyl (C=O) groups is 2. The van der Waals surface area contributed by atoms with E-state index in [4.69, 9.17) is 0 Å². The van der Waals surface area contributed by atoms with Crippen molar-refractivity contribution in [3.63, 3.8) is 0 Å². The van der Waals surface area contributed by atoms with Gasteiger partial charge in [-0.3, -0.25) is 9.59 Å². The fourth-order valence-corrected chi connectivity index (χ4v) is 2.76. The number of rotatable bonds is 2. The molecule has 0 unspecified atom stereocenters. The normalized spacial score (nSPS) is 13.8. The predicted octanol–water partition coefficient (Wildman–Crippen LogP) is 3.46. The minimum absolute atomic E-state index is 0.0255. The first-order valence-corrected chi connectivity index (χ1v) is 6.86. The van der Waals surface area contributed by atoms with E-state index in [1.165, 1.54) is 0 Å². The number of nitrogens with zero attached hydrogens (tertiary/aromatic N) is 1. The first kappa shape index (κ1) is 13.9. The Morgan fingerprint density at radius 1 is 1.10 bits per heavy atom. The van der Waals surface area contributed by atoms with E-state index in [9.17, 15) is 18.4 Å². The fraction of sp³-hybridized carbons (Fsp3) is 0.0667. The highest BCUT2D eigenvalue weighted by molar-refractivity contribution is 9.10. The Balaban J connectivity index is 2.05. The van der Waals surface area contributed by atoms with Crippen LogP contribution in [0.2, 0.25) is 0 Å². The van der Waals surface area contributed by atoms with Gasteiger partial charge in [-0.25, -0.2) is 8.78 Å².